The summed E-state index contributed by atoms with van der Waals surface area (Å²) < 4.78 is 60.3. The van der Waals surface area contributed by atoms with Gasteiger partial charge in [0, 0.05) is 0 Å². The third kappa shape index (κ3) is 10.3. The van der Waals surface area contributed by atoms with E-state index in [9.17, 15) is 91.6 Å². The summed E-state index contributed by atoms with van der Waals surface area (Å²) in [5.74, 6) is -1.14. The fourth-order valence-electron chi connectivity index (χ4n) is 15.0. The topological polar surface area (TPSA) is 453 Å². The summed E-state index contributed by atoms with van der Waals surface area (Å²) in [6, 6.07) is 0. The number of esters is 1. The Morgan fingerprint density at radius 3 is 1.41 bits per heavy atom. The zero-order valence-corrected chi connectivity index (χ0v) is 43.3. The summed E-state index contributed by atoms with van der Waals surface area (Å²) >= 11 is 0. The van der Waals surface area contributed by atoms with E-state index in [0.717, 1.165) is 0 Å². The molecule has 448 valence electrons. The van der Waals surface area contributed by atoms with E-state index < -0.39 is 214 Å². The molecule has 78 heavy (non-hydrogen) atoms. The van der Waals surface area contributed by atoms with E-state index in [1.54, 1.807) is 6.92 Å². The first-order valence-electron chi connectivity index (χ1n) is 26.9. The largest absolute Gasteiger partial charge is 0.432 e. The minimum absolute atomic E-state index is 0.0705. The third-order valence-corrected chi connectivity index (χ3v) is 19.2. The van der Waals surface area contributed by atoms with Crippen molar-refractivity contribution < 1.29 is 139 Å². The van der Waals surface area contributed by atoms with Crippen LogP contribution in [0.3, 0.4) is 0 Å². The Morgan fingerprint density at radius 2 is 0.910 bits per heavy atom. The van der Waals surface area contributed by atoms with E-state index in [1.165, 1.54) is 0 Å². The average molecular weight is 1130 g/mol. The molecule has 28 heteroatoms. The van der Waals surface area contributed by atoms with E-state index >= 15 is 0 Å². The highest BCUT2D eigenvalue weighted by molar-refractivity contribution is 5.77. The average Bonchev–Trinajstić information content (AvgIpc) is 3.69. The molecule has 0 radical (unpaired) electrons. The molecule has 17 N–H and O–H groups in total. The highest BCUT2D eigenvalue weighted by Gasteiger charge is 2.70. The van der Waals surface area contributed by atoms with E-state index in [4.69, 9.17) is 47.4 Å². The second-order valence-corrected chi connectivity index (χ2v) is 23.6. The molecule has 28 nitrogen and oxygen atoms in total. The molecule has 9 aliphatic rings. The van der Waals surface area contributed by atoms with Crippen LogP contribution in [-0.2, 0) is 52.2 Å². The molecule has 4 saturated carbocycles. The highest BCUT2D eigenvalue weighted by Crippen LogP contribution is 2.74. The Morgan fingerprint density at radius 1 is 0.487 bits per heavy atom. The van der Waals surface area contributed by atoms with Crippen LogP contribution in [0.2, 0.25) is 0 Å². The molecule has 1 spiro atoms. The molecule has 5 saturated heterocycles. The fourth-order valence-corrected chi connectivity index (χ4v) is 15.0. The van der Waals surface area contributed by atoms with Crippen molar-refractivity contribution in [3.63, 3.8) is 0 Å². The van der Waals surface area contributed by atoms with Gasteiger partial charge in [0.05, 0.1) is 44.1 Å². The second kappa shape index (κ2) is 23.3. The van der Waals surface area contributed by atoms with Crippen molar-refractivity contribution >= 4 is 5.97 Å². The predicted octanol–water partition coefficient (Wildman–Crippen LogP) is -7.29. The van der Waals surface area contributed by atoms with E-state index in [-0.39, 0.29) is 11.8 Å². The van der Waals surface area contributed by atoms with Gasteiger partial charge in [-0.15, -0.1) is 0 Å². The van der Waals surface area contributed by atoms with E-state index in [2.05, 4.69) is 13.5 Å². The molecule has 5 heterocycles. The summed E-state index contributed by atoms with van der Waals surface area (Å²) in [4.78, 5) is 14.9. The maximum atomic E-state index is 14.9. The molecule has 9 fully saturated rings. The maximum absolute atomic E-state index is 14.9. The van der Waals surface area contributed by atoms with Crippen LogP contribution in [0.1, 0.15) is 71.6 Å². The molecule has 0 amide bonds. The van der Waals surface area contributed by atoms with Crippen LogP contribution in [0, 0.1) is 28.1 Å². The number of aliphatic hydroxyl groups is 17. The van der Waals surface area contributed by atoms with Gasteiger partial charge in [-0.2, -0.15) is 0 Å². The molecule has 9 rings (SSSR count). The van der Waals surface area contributed by atoms with Crippen LogP contribution >= 0.6 is 0 Å². The smallest absolute Gasteiger partial charge is 0.314 e. The zero-order chi connectivity index (χ0) is 56.7. The van der Waals surface area contributed by atoms with Crippen molar-refractivity contribution in [2.24, 2.45) is 28.1 Å². The minimum Gasteiger partial charge on any atom is -0.432 e. The van der Waals surface area contributed by atoms with Gasteiger partial charge in [0.2, 0.25) is 6.29 Å². The quantitative estimate of drug-likeness (QED) is 0.0411. The van der Waals surface area contributed by atoms with Crippen molar-refractivity contribution in [1.29, 1.82) is 0 Å². The standard InChI is InChI=1S/C50H80O28/c1-18-11-49-9-5-24-47(2,7-4-8-48(24,3)46(68)77-44-39(34(64)29(59)22(15-54)72-44)75-42-36(66)32(62)27(57)20(13-52)70-42)25(49)6-10-50(18,17-49)78-45-40(76-43-37(67)33(63)28(58)21(14-53)71-43)38(30(60)23(16-55)73-45)74-41-35(65)31(61)26(56)19(12-51)69-41/h19-45,51-67H,1,4-17H2,2-3H3/t19?,20?,21?,22?,23?,24-,25-,26+,27+,28+,29+,30+,31+,32+,33+,34+,35?,36?,37?,38+,39?,40?,41-,42-,43-,44-,45-,47?,48+,49+,50-/m0/s1. The van der Waals surface area contributed by atoms with E-state index in [0.29, 0.717) is 63.4 Å². The minimum atomic E-state index is -1.99. The van der Waals surface area contributed by atoms with Gasteiger partial charge in [0.25, 0.3) is 0 Å². The van der Waals surface area contributed by atoms with Crippen LogP contribution in [0.15, 0.2) is 12.2 Å². The Bertz CT molecular complexity index is 2070. The molecule has 0 aromatic rings. The monoisotopic (exact) mass is 1130 g/mol. The lowest BCUT2D eigenvalue weighted by atomic mass is 9.41. The maximum Gasteiger partial charge on any atom is 0.314 e. The summed E-state index contributed by atoms with van der Waals surface area (Å²) in [5.41, 5.74) is -2.81. The predicted molar refractivity (Wildman–Crippen MR) is 252 cm³/mol. The number of hydrogen-bond acceptors (Lipinski definition) is 28. The summed E-state index contributed by atoms with van der Waals surface area (Å²) in [7, 11) is 0. The molecular weight excluding hydrogens is 1050 g/mol. The SMILES string of the molecule is C=C1C[C@@]23CC[C@H]4C(C)(CCC[C@@]4(C)C(=O)O[C@@H]4OC(CO)[C@@H](O)[C@@H](O)C4O[C@@H]4OC(CO)[C@@H](O)[C@@H](O)C4O)[C@@H]2CC[C@]1(O[C@@H]1OC(CO)[C@@H](O)[C@@H](O[C@@H]2OC(CO)[C@@H](O)[C@@H](O)C2O)C1O[C@@H]1OC(CO)[C@@H](O)[C@@H](O)C1O)C3. The number of ether oxygens (including phenoxy) is 10. The van der Waals surface area contributed by atoms with Crippen molar-refractivity contribution in [1.82, 2.24) is 0 Å². The number of fused-ring (bicyclic) bond motifs is 3. The van der Waals surface area contributed by atoms with Gasteiger partial charge in [-0.05, 0) is 86.5 Å². The van der Waals surface area contributed by atoms with Gasteiger partial charge < -0.3 is 134 Å². The van der Waals surface area contributed by atoms with Crippen LogP contribution in [-0.4, -0.2) is 285 Å². The van der Waals surface area contributed by atoms with Gasteiger partial charge in [-0.3, -0.25) is 4.79 Å². The molecule has 4 aliphatic carbocycles. The van der Waals surface area contributed by atoms with Gasteiger partial charge >= 0.3 is 5.97 Å². The molecule has 31 atom stereocenters. The molecular formula is C50H80O28. The Balaban J connectivity index is 0.968. The lowest BCUT2D eigenvalue weighted by molar-refractivity contribution is -0.400. The Hall–Kier alpha value is -1.83. The van der Waals surface area contributed by atoms with Crippen molar-refractivity contribution in [2.75, 3.05) is 33.0 Å². The lowest BCUT2D eigenvalue weighted by Crippen LogP contribution is -2.68. The van der Waals surface area contributed by atoms with Gasteiger partial charge in [0.1, 0.15) is 116 Å². The number of aliphatic hydroxyl groups excluding tert-OH is 17. The van der Waals surface area contributed by atoms with Gasteiger partial charge in [0.15, 0.2) is 31.3 Å². The van der Waals surface area contributed by atoms with Crippen LogP contribution in [0.4, 0.5) is 0 Å². The summed E-state index contributed by atoms with van der Waals surface area (Å²) in [5, 5.41) is 181. The summed E-state index contributed by atoms with van der Waals surface area (Å²) in [6.07, 6.45) is -39.9. The zero-order valence-electron chi connectivity index (χ0n) is 43.3. The Kier molecular flexibility index (Phi) is 18.2. The number of carbonyl (C=O) groups is 1. The highest BCUT2D eigenvalue weighted by atomic mass is 16.8. The number of rotatable bonds is 15. The van der Waals surface area contributed by atoms with Crippen molar-refractivity contribution in [3.05, 3.63) is 12.2 Å². The van der Waals surface area contributed by atoms with Gasteiger partial charge in [-0.1, -0.05) is 19.9 Å². The number of carbonyl (C=O) groups excluding carboxylic acids is 1. The van der Waals surface area contributed by atoms with Crippen LogP contribution in [0.5, 0.6) is 0 Å². The third-order valence-electron chi connectivity index (χ3n) is 19.2. The van der Waals surface area contributed by atoms with E-state index in [1.807, 2.05) is 0 Å². The van der Waals surface area contributed by atoms with Crippen LogP contribution < -0.4 is 0 Å². The van der Waals surface area contributed by atoms with Crippen molar-refractivity contribution in [3.8, 4) is 0 Å². The molecule has 2 bridgehead atoms. The lowest BCUT2D eigenvalue weighted by Gasteiger charge is -2.64. The molecule has 11 unspecified atom stereocenters. The second-order valence-electron chi connectivity index (χ2n) is 23.6. The summed E-state index contributed by atoms with van der Waals surface area (Å²) in [6.45, 7) is 4.32. The molecule has 0 aromatic carbocycles. The fraction of sp³-hybridized carbons (Fsp3) is 0.940. The number of hydrogen-bond donors (Lipinski definition) is 17. The first-order chi connectivity index (χ1) is 36.9. The van der Waals surface area contributed by atoms with Gasteiger partial charge in [-0.25, -0.2) is 0 Å². The first kappa shape index (κ1) is 60.8. The normalized spacial score (nSPS) is 54.5. The first-order valence-corrected chi connectivity index (χ1v) is 26.9. The molecule has 5 aliphatic heterocycles. The van der Waals surface area contributed by atoms with Crippen molar-refractivity contribution in [2.45, 2.75) is 231 Å². The van der Waals surface area contributed by atoms with Crippen LogP contribution in [0.25, 0.3) is 0 Å². The molecule has 0 aromatic heterocycles. The Labute approximate surface area is 448 Å².